The molecule has 1 aromatic carbocycles. The van der Waals surface area contributed by atoms with E-state index in [2.05, 4.69) is 5.32 Å². The first-order chi connectivity index (χ1) is 10.5. The molecular weight excluding hydrogens is 301 g/mol. The van der Waals surface area contributed by atoms with Crippen molar-refractivity contribution in [1.82, 2.24) is 5.32 Å². The lowest BCUT2D eigenvalue weighted by atomic mass is 10.00. The second kappa shape index (κ2) is 6.07. The molecule has 0 fully saturated rings. The molecule has 1 aliphatic rings. The smallest absolute Gasteiger partial charge is 0.136 e. The Morgan fingerprint density at radius 1 is 1.41 bits per heavy atom. The fraction of sp³-hybridized carbons (Fsp3) is 0.412. The van der Waals surface area contributed by atoms with Gasteiger partial charge in [-0.05, 0) is 61.9 Å². The van der Waals surface area contributed by atoms with Crippen LogP contribution in [0.4, 0.5) is 4.39 Å². The van der Waals surface area contributed by atoms with E-state index in [1.807, 2.05) is 19.1 Å². The quantitative estimate of drug-likeness (QED) is 0.900. The number of nitrogens with one attached hydrogen (secondary N) is 1. The predicted octanol–water partition coefficient (Wildman–Crippen LogP) is 3.76. The molecule has 0 saturated heterocycles. The summed E-state index contributed by atoms with van der Waals surface area (Å²) in [6.45, 7) is 3.93. The maximum absolute atomic E-state index is 13.5. The first-order valence-corrected chi connectivity index (χ1v) is 8.39. The number of fused-ring (bicyclic) bond motifs is 1. The summed E-state index contributed by atoms with van der Waals surface area (Å²) >= 11 is 1.75. The molecule has 1 aromatic heterocycles. The summed E-state index contributed by atoms with van der Waals surface area (Å²) in [7, 11) is 0. The van der Waals surface area contributed by atoms with Crippen molar-refractivity contribution in [3.05, 3.63) is 53.2 Å². The third-order valence-corrected chi connectivity index (χ3v) is 5.10. The average Bonchev–Trinajstić information content (AvgIpc) is 2.92. The Hall–Kier alpha value is -1.30. The average molecular weight is 321 g/mol. The maximum atomic E-state index is 13.5. The van der Waals surface area contributed by atoms with Gasteiger partial charge in [-0.15, -0.1) is 11.8 Å². The highest BCUT2D eigenvalue weighted by atomic mass is 32.2. The van der Waals surface area contributed by atoms with Crippen LogP contribution in [0.2, 0.25) is 0 Å². The molecule has 0 bridgehead atoms. The highest BCUT2D eigenvalue weighted by Crippen LogP contribution is 2.37. The number of halogens is 1. The molecular formula is C17H20FNO2S. The summed E-state index contributed by atoms with van der Waals surface area (Å²) in [4.78, 5) is 1.11. The number of rotatable bonds is 4. The third-order valence-electron chi connectivity index (χ3n) is 3.98. The van der Waals surface area contributed by atoms with Gasteiger partial charge in [0, 0.05) is 17.5 Å². The van der Waals surface area contributed by atoms with Crippen molar-refractivity contribution in [2.45, 2.75) is 36.8 Å². The topological polar surface area (TPSA) is 45.4 Å². The largest absolute Gasteiger partial charge is 0.463 e. The minimum absolute atomic E-state index is 0.0504. The van der Waals surface area contributed by atoms with Crippen LogP contribution in [0.1, 0.15) is 36.5 Å². The summed E-state index contributed by atoms with van der Waals surface area (Å²) in [6, 6.07) is 8.60. The van der Waals surface area contributed by atoms with Gasteiger partial charge in [0.1, 0.15) is 22.9 Å². The molecule has 5 heteroatoms. The SMILES string of the molecule is Cc1ccc(C(C)(O)CNC2CCSc3ccc(F)cc32)o1. The Morgan fingerprint density at radius 2 is 2.23 bits per heavy atom. The van der Waals surface area contributed by atoms with Gasteiger partial charge in [0.15, 0.2) is 0 Å². The zero-order valence-corrected chi connectivity index (χ0v) is 13.5. The Kier molecular flexibility index (Phi) is 4.30. The van der Waals surface area contributed by atoms with Crippen molar-refractivity contribution in [3.8, 4) is 0 Å². The lowest BCUT2D eigenvalue weighted by Crippen LogP contribution is -2.38. The fourth-order valence-electron chi connectivity index (χ4n) is 2.71. The summed E-state index contributed by atoms with van der Waals surface area (Å²) in [6.07, 6.45) is 0.911. The van der Waals surface area contributed by atoms with E-state index in [1.54, 1.807) is 30.8 Å². The van der Waals surface area contributed by atoms with Crippen LogP contribution in [-0.4, -0.2) is 17.4 Å². The van der Waals surface area contributed by atoms with Crippen molar-refractivity contribution >= 4 is 11.8 Å². The van der Waals surface area contributed by atoms with E-state index >= 15 is 0 Å². The number of hydrogen-bond donors (Lipinski definition) is 2. The van der Waals surface area contributed by atoms with Crippen LogP contribution in [-0.2, 0) is 5.60 Å². The van der Waals surface area contributed by atoms with E-state index in [-0.39, 0.29) is 11.9 Å². The van der Waals surface area contributed by atoms with Crippen LogP contribution in [0.5, 0.6) is 0 Å². The van der Waals surface area contributed by atoms with Gasteiger partial charge in [0.25, 0.3) is 0 Å². The standard InChI is InChI=1S/C17H20FNO2S/c1-11-3-6-16(21-11)17(2,20)10-19-14-7-8-22-15-5-4-12(18)9-13(14)15/h3-6,9,14,19-20H,7-8,10H2,1-2H3. The summed E-state index contributed by atoms with van der Waals surface area (Å²) < 4.78 is 19.0. The van der Waals surface area contributed by atoms with Crippen LogP contribution in [0.15, 0.2) is 39.6 Å². The molecule has 3 rings (SSSR count). The molecule has 2 atom stereocenters. The van der Waals surface area contributed by atoms with Gasteiger partial charge in [0.05, 0.1) is 0 Å². The third kappa shape index (κ3) is 3.21. The second-order valence-corrected chi connectivity index (χ2v) is 7.07. The van der Waals surface area contributed by atoms with E-state index in [0.29, 0.717) is 12.3 Å². The van der Waals surface area contributed by atoms with E-state index in [9.17, 15) is 9.50 Å². The van der Waals surface area contributed by atoms with Crippen LogP contribution in [0, 0.1) is 12.7 Å². The second-order valence-electron chi connectivity index (χ2n) is 5.94. The Balaban J connectivity index is 1.74. The number of benzene rings is 1. The first kappa shape index (κ1) is 15.6. The van der Waals surface area contributed by atoms with Crippen LogP contribution < -0.4 is 5.32 Å². The molecule has 0 radical (unpaired) electrons. The zero-order valence-electron chi connectivity index (χ0n) is 12.7. The molecule has 2 N–H and O–H groups in total. The van der Waals surface area contributed by atoms with Crippen LogP contribution in [0.3, 0.4) is 0 Å². The molecule has 3 nitrogen and oxygen atoms in total. The van der Waals surface area contributed by atoms with Crippen LogP contribution in [0.25, 0.3) is 0 Å². The van der Waals surface area contributed by atoms with E-state index < -0.39 is 5.60 Å². The molecule has 0 amide bonds. The van der Waals surface area contributed by atoms with E-state index in [1.165, 1.54) is 6.07 Å². The molecule has 118 valence electrons. The van der Waals surface area contributed by atoms with Gasteiger partial charge >= 0.3 is 0 Å². The number of aliphatic hydroxyl groups is 1. The highest BCUT2D eigenvalue weighted by molar-refractivity contribution is 7.99. The lowest BCUT2D eigenvalue weighted by Gasteiger charge is -2.29. The van der Waals surface area contributed by atoms with Crippen molar-refractivity contribution in [2.75, 3.05) is 12.3 Å². The normalized spacial score (nSPS) is 20.5. The van der Waals surface area contributed by atoms with Gasteiger partial charge in [-0.2, -0.15) is 0 Å². The number of aryl methyl sites for hydroxylation is 1. The van der Waals surface area contributed by atoms with Gasteiger partial charge in [-0.25, -0.2) is 4.39 Å². The number of thioether (sulfide) groups is 1. The Labute approximate surface area is 133 Å². The Bertz CT molecular complexity index is 668. The fourth-order valence-corrected chi connectivity index (χ4v) is 3.82. The van der Waals surface area contributed by atoms with Gasteiger partial charge < -0.3 is 14.8 Å². The monoisotopic (exact) mass is 321 g/mol. The van der Waals surface area contributed by atoms with Gasteiger partial charge in [0.2, 0.25) is 0 Å². The van der Waals surface area contributed by atoms with Gasteiger partial charge in [-0.1, -0.05) is 0 Å². The minimum Gasteiger partial charge on any atom is -0.463 e. The minimum atomic E-state index is -1.09. The van der Waals surface area contributed by atoms with Crippen molar-refractivity contribution < 1.29 is 13.9 Å². The zero-order chi connectivity index (χ0) is 15.7. The lowest BCUT2D eigenvalue weighted by molar-refractivity contribution is 0.0305. The van der Waals surface area contributed by atoms with E-state index in [0.717, 1.165) is 28.4 Å². The molecule has 1 aliphatic heterocycles. The Morgan fingerprint density at radius 3 is 2.95 bits per heavy atom. The van der Waals surface area contributed by atoms with Crippen molar-refractivity contribution in [1.29, 1.82) is 0 Å². The first-order valence-electron chi connectivity index (χ1n) is 7.41. The van der Waals surface area contributed by atoms with Crippen molar-refractivity contribution in [3.63, 3.8) is 0 Å². The van der Waals surface area contributed by atoms with Crippen LogP contribution >= 0.6 is 11.8 Å². The van der Waals surface area contributed by atoms with Gasteiger partial charge in [-0.3, -0.25) is 0 Å². The molecule has 2 aromatic rings. The molecule has 2 unspecified atom stereocenters. The van der Waals surface area contributed by atoms with E-state index in [4.69, 9.17) is 4.42 Å². The molecule has 0 saturated carbocycles. The number of hydrogen-bond acceptors (Lipinski definition) is 4. The molecule has 0 spiro atoms. The highest BCUT2D eigenvalue weighted by Gasteiger charge is 2.29. The summed E-state index contributed by atoms with van der Waals surface area (Å²) in [5.74, 6) is 2.08. The summed E-state index contributed by atoms with van der Waals surface area (Å²) in [5.41, 5.74) is -0.116. The summed E-state index contributed by atoms with van der Waals surface area (Å²) in [5, 5.41) is 14.0. The van der Waals surface area contributed by atoms with Crippen molar-refractivity contribution in [2.24, 2.45) is 0 Å². The molecule has 0 aliphatic carbocycles. The number of furan rings is 1. The molecule has 2 heterocycles. The maximum Gasteiger partial charge on any atom is 0.136 e. The molecule has 22 heavy (non-hydrogen) atoms. The predicted molar refractivity (Wildman–Crippen MR) is 85.5 cm³/mol.